The molecule has 0 aromatic carbocycles. The van der Waals surface area contributed by atoms with Crippen molar-refractivity contribution in [1.29, 1.82) is 0 Å². The summed E-state index contributed by atoms with van der Waals surface area (Å²) in [6.07, 6.45) is 11.9. The van der Waals surface area contributed by atoms with E-state index < -0.39 is 34.2 Å². The van der Waals surface area contributed by atoms with Crippen LogP contribution in [0.2, 0.25) is 0 Å². The van der Waals surface area contributed by atoms with Crippen LogP contribution in [0.15, 0.2) is 0 Å². The quantitative estimate of drug-likeness (QED) is 0.0327. The molecule has 0 fully saturated rings. The Bertz CT molecular complexity index is 1490. The van der Waals surface area contributed by atoms with Gasteiger partial charge in [0.05, 0.1) is 113 Å². The van der Waals surface area contributed by atoms with E-state index in [0.29, 0.717) is 150 Å². The van der Waals surface area contributed by atoms with Gasteiger partial charge in [-0.3, -0.25) is 0 Å². The molecule has 0 heterocycles. The minimum atomic E-state index is -2.39. The molecule has 0 aliphatic carbocycles. The van der Waals surface area contributed by atoms with E-state index in [1.807, 2.05) is 0 Å². The van der Waals surface area contributed by atoms with Crippen molar-refractivity contribution in [3.8, 4) is 0 Å². The molecule has 0 saturated heterocycles. The van der Waals surface area contributed by atoms with Gasteiger partial charge in [0, 0.05) is 0 Å². The summed E-state index contributed by atoms with van der Waals surface area (Å²) in [6.45, 7) is 59.1. The van der Waals surface area contributed by atoms with Crippen LogP contribution in [0.3, 0.4) is 0 Å². The van der Waals surface area contributed by atoms with Crippen molar-refractivity contribution in [2.45, 2.75) is 243 Å². The van der Waals surface area contributed by atoms with E-state index in [4.69, 9.17) is 199 Å². The van der Waals surface area contributed by atoms with Crippen LogP contribution in [-0.2, 0) is 220 Å². The van der Waals surface area contributed by atoms with Gasteiger partial charge in [-0.05, 0) is 148 Å². The summed E-state index contributed by atoms with van der Waals surface area (Å²) in [5.74, 6) is 7.40. The van der Waals surface area contributed by atoms with Gasteiger partial charge in [0.25, 0.3) is 0 Å². The minimum absolute atomic E-state index is 0. The smallest absolute Gasteiger partial charge is 0.691 e. The molecule has 31 heteroatoms. The molecule has 91 heavy (non-hydrogen) atoms. The molecule has 0 N–H and O–H groups in total. The second-order valence-electron chi connectivity index (χ2n) is 26.9. The van der Waals surface area contributed by atoms with Crippen molar-refractivity contribution in [2.24, 2.45) is 71.0 Å². The molecule has 0 aromatic heterocycles. The third-order valence-electron chi connectivity index (χ3n) is 11.3. The Kier molecular flexibility index (Phi) is 81.2. The van der Waals surface area contributed by atoms with Crippen LogP contribution in [-0.4, -0.2) is 79.3 Å². The van der Waals surface area contributed by atoms with E-state index in [2.05, 4.69) is 166 Å². The molecular formula is C60H132MoO12P6S12. The molecule has 12 nitrogen and oxygen atoms in total. The van der Waals surface area contributed by atoms with E-state index >= 15 is 0 Å². The maximum absolute atomic E-state index is 5.44. The van der Waals surface area contributed by atoms with Crippen LogP contribution in [0.25, 0.3) is 0 Å². The van der Waals surface area contributed by atoms with Crippen LogP contribution in [0, 0.1) is 71.0 Å². The van der Waals surface area contributed by atoms with Gasteiger partial charge in [-0.25, -0.2) is 0 Å². The van der Waals surface area contributed by atoms with E-state index in [-0.39, 0.29) is 21.1 Å². The molecule has 0 rings (SSSR count). The first-order valence-electron chi connectivity index (χ1n) is 32.6. The average molecular weight is 1710 g/mol. The first kappa shape index (κ1) is 111. The van der Waals surface area contributed by atoms with Gasteiger partial charge in [0.1, 0.15) is 0 Å². The van der Waals surface area contributed by atoms with Crippen LogP contribution < -0.4 is 0 Å². The Morgan fingerprint density at radius 1 is 0.176 bits per heavy atom. The number of rotatable bonds is 48. The normalized spacial score (nSPS) is 12.6. The first-order valence-corrected chi connectivity index (χ1v) is 54.5. The Hall–Kier alpha value is 6.21. The summed E-state index contributed by atoms with van der Waals surface area (Å²) in [4.78, 5) is 0. The van der Waals surface area contributed by atoms with Crippen LogP contribution in [0.4, 0.5) is 0 Å². The number of hydrogen-bond donors (Lipinski definition) is 0. The van der Waals surface area contributed by atoms with E-state index in [0.717, 1.165) is 77.0 Å². The third kappa shape index (κ3) is 105. The maximum Gasteiger partial charge on any atom is 6.00 e. The van der Waals surface area contributed by atoms with Gasteiger partial charge in [0.15, 0.2) is 0 Å². The van der Waals surface area contributed by atoms with Gasteiger partial charge in [-0.1, -0.05) is 237 Å². The topological polar surface area (TPSA) is 111 Å². The summed E-state index contributed by atoms with van der Waals surface area (Å²) < 4.78 is 65.3. The van der Waals surface area contributed by atoms with Crippen molar-refractivity contribution in [2.75, 3.05) is 79.3 Å². The predicted molar refractivity (Wildman–Crippen MR) is 435 cm³/mol. The molecule has 0 spiro atoms. The monoisotopic (exact) mass is 1710 g/mol. The van der Waals surface area contributed by atoms with Crippen LogP contribution in [0.5, 0.6) is 0 Å². The summed E-state index contributed by atoms with van der Waals surface area (Å²) in [6, 6.07) is 0. The van der Waals surface area contributed by atoms with Crippen molar-refractivity contribution in [3.63, 3.8) is 0 Å². The fourth-order valence-electron chi connectivity index (χ4n) is 5.03. The zero-order valence-corrected chi connectivity index (χ0v) is 78.0. The Balaban J connectivity index is -0.000000186. The summed E-state index contributed by atoms with van der Waals surface area (Å²) >= 11 is 61.5. The van der Waals surface area contributed by atoms with Crippen LogP contribution >= 0.6 is 34.2 Å². The van der Waals surface area contributed by atoms with Gasteiger partial charge in [-0.15, -0.1) is 0 Å². The molecule has 0 unspecified atom stereocenters. The molecule has 0 radical (unpaired) electrons. The SMILES string of the molecule is CC(C)CCOP(=S)([S-])OCCC(C)C.CC(C)CCOP(=S)([S-])OCCC(C)C.CC(C)CCOP(=S)([S-])OCCC(C)C.CC(C)CCOP(=S)([S-])OCCC(C)C.CC(C)CCOP(=S)([S-])OCCC(C)C.CC(C)CCOP(=S)([S-])OCCC(C)C.[Mo+6]. The van der Waals surface area contributed by atoms with Gasteiger partial charge >= 0.3 is 21.1 Å². The molecular weight excluding hydrogens is 1580 g/mol. The van der Waals surface area contributed by atoms with Crippen molar-refractivity contribution < 1.29 is 75.4 Å². The Labute approximate surface area is 640 Å². The van der Waals surface area contributed by atoms with Gasteiger partial charge in [0.2, 0.25) is 0 Å². The standard InChI is InChI=1S/6C10H23O2PS2.Mo/c6*1-9(2)5-7-11-13(14,15)12-8-6-10(3)4;/h6*9-10H,5-8H2,1-4H3,(H,14,15);/q;;;;;;+6/p-6. The molecule has 0 aliphatic rings. The zero-order chi connectivity index (χ0) is 71.4. The molecule has 0 saturated carbocycles. The fourth-order valence-corrected chi connectivity index (χ4v) is 14.8. The van der Waals surface area contributed by atoms with Gasteiger partial charge < -0.3 is 128 Å². The van der Waals surface area contributed by atoms with Crippen LogP contribution in [0.1, 0.15) is 243 Å². The minimum Gasteiger partial charge on any atom is -0.691 e. The Morgan fingerprint density at radius 2 is 0.231 bits per heavy atom. The fraction of sp³-hybridized carbons (Fsp3) is 1.00. The van der Waals surface area contributed by atoms with Crippen molar-refractivity contribution >= 4 is 178 Å². The molecule has 0 atom stereocenters. The van der Waals surface area contributed by atoms with Gasteiger partial charge in [-0.2, -0.15) is 0 Å². The van der Waals surface area contributed by atoms with Crippen molar-refractivity contribution in [1.82, 2.24) is 0 Å². The molecule has 0 aromatic rings. The van der Waals surface area contributed by atoms with E-state index in [1.54, 1.807) is 0 Å². The predicted octanol–water partition coefficient (Wildman–Crippen LogP) is 23.3. The van der Waals surface area contributed by atoms with E-state index in [9.17, 15) is 0 Å². The maximum atomic E-state index is 5.44. The summed E-state index contributed by atoms with van der Waals surface area (Å²) in [5.41, 5.74) is -14.3. The average Bonchev–Trinajstić information content (AvgIpc) is 3.52. The number of hydrogen-bond acceptors (Lipinski definition) is 24. The second-order valence-corrected chi connectivity index (χ2v) is 56.8. The molecule has 552 valence electrons. The molecule has 0 amide bonds. The molecule has 0 aliphatic heterocycles. The second kappa shape index (κ2) is 66.9. The van der Waals surface area contributed by atoms with Crippen molar-refractivity contribution in [3.05, 3.63) is 0 Å². The largest absolute Gasteiger partial charge is 6.00 e. The van der Waals surface area contributed by atoms with E-state index in [1.165, 1.54) is 0 Å². The third-order valence-corrected chi connectivity index (χ3v) is 24.9. The zero-order valence-electron chi connectivity index (χ0n) is 60.8. The first-order chi connectivity index (χ1) is 41.0. The Morgan fingerprint density at radius 3 is 0.275 bits per heavy atom. The summed E-state index contributed by atoms with van der Waals surface area (Å²) in [5, 5.41) is 0. The molecule has 0 bridgehead atoms. The summed E-state index contributed by atoms with van der Waals surface area (Å²) in [7, 11) is 0.